The summed E-state index contributed by atoms with van der Waals surface area (Å²) >= 11 is 1.75. The van der Waals surface area contributed by atoms with E-state index in [1.807, 2.05) is 0 Å². The predicted molar refractivity (Wildman–Crippen MR) is 45.2 cm³/mol. The Morgan fingerprint density at radius 3 is 2.75 bits per heavy atom. The van der Waals surface area contributed by atoms with Gasteiger partial charge in [0, 0.05) is 24.8 Å². The van der Waals surface area contributed by atoms with Gasteiger partial charge in [0.15, 0.2) is 0 Å². The average Bonchev–Trinajstić information content (AvgIpc) is 1.93. The third-order valence-electron chi connectivity index (χ3n) is 1.69. The van der Waals surface area contributed by atoms with Gasteiger partial charge < -0.3 is 4.74 Å². The minimum atomic E-state index is -2.61. The maximum absolute atomic E-state index is 11.6. The van der Waals surface area contributed by atoms with Crippen LogP contribution in [0.3, 0.4) is 0 Å². The van der Waals surface area contributed by atoms with Gasteiger partial charge >= 0.3 is 6.61 Å². The van der Waals surface area contributed by atoms with Crippen molar-refractivity contribution >= 4 is 11.9 Å². The zero-order chi connectivity index (χ0) is 8.97. The van der Waals surface area contributed by atoms with Gasteiger partial charge in [-0.25, -0.2) is 4.31 Å². The number of rotatable bonds is 5. The highest BCUT2D eigenvalue weighted by Crippen LogP contribution is 2.24. The molecule has 0 radical (unpaired) electrons. The summed E-state index contributed by atoms with van der Waals surface area (Å²) in [6, 6.07) is 0. The summed E-state index contributed by atoms with van der Waals surface area (Å²) < 4.78 is 29.5. The maximum Gasteiger partial charge on any atom is 0.345 e. The number of hydrogen-bond acceptors (Lipinski definition) is 3. The molecule has 0 aliphatic carbocycles. The number of alkyl halides is 2. The fraction of sp³-hybridized carbons (Fsp3) is 1.00. The fourth-order valence-corrected chi connectivity index (χ4v) is 2.12. The van der Waals surface area contributed by atoms with Gasteiger partial charge in [0.25, 0.3) is 0 Å². The molecule has 0 bridgehead atoms. The number of halogens is 2. The van der Waals surface area contributed by atoms with Crippen molar-refractivity contribution in [1.82, 2.24) is 4.31 Å². The second-order valence-corrected chi connectivity index (χ2v) is 4.08. The molecule has 1 fully saturated rings. The molecule has 72 valence electrons. The van der Waals surface area contributed by atoms with Crippen LogP contribution < -0.4 is 0 Å². The van der Waals surface area contributed by atoms with Crippen LogP contribution in [-0.4, -0.2) is 36.4 Å². The van der Waals surface area contributed by atoms with Crippen molar-refractivity contribution < 1.29 is 13.5 Å². The second kappa shape index (κ2) is 4.99. The summed E-state index contributed by atoms with van der Waals surface area (Å²) in [7, 11) is 0. The fourth-order valence-electron chi connectivity index (χ4n) is 1.12. The number of ether oxygens (including phenoxy) is 1. The lowest BCUT2D eigenvalue weighted by Crippen LogP contribution is -2.44. The molecule has 1 aliphatic rings. The van der Waals surface area contributed by atoms with E-state index >= 15 is 0 Å². The Morgan fingerprint density at radius 2 is 2.25 bits per heavy atom. The Morgan fingerprint density at radius 1 is 1.58 bits per heavy atom. The van der Waals surface area contributed by atoms with Gasteiger partial charge in [-0.2, -0.15) is 8.78 Å². The first-order chi connectivity index (χ1) is 5.72. The van der Waals surface area contributed by atoms with Crippen molar-refractivity contribution in [2.45, 2.75) is 13.5 Å². The summed E-state index contributed by atoms with van der Waals surface area (Å²) in [5.41, 5.74) is 0. The molecule has 0 spiro atoms. The van der Waals surface area contributed by atoms with E-state index in [9.17, 15) is 8.78 Å². The van der Waals surface area contributed by atoms with Gasteiger partial charge in [0.2, 0.25) is 0 Å². The largest absolute Gasteiger partial charge is 0.345 e. The van der Waals surface area contributed by atoms with E-state index < -0.39 is 6.61 Å². The molecule has 1 rings (SSSR count). The minimum absolute atomic E-state index is 0.193. The van der Waals surface area contributed by atoms with Crippen molar-refractivity contribution in [3.05, 3.63) is 0 Å². The lowest BCUT2D eigenvalue weighted by Gasteiger charge is -2.37. The Labute approximate surface area is 75.4 Å². The topological polar surface area (TPSA) is 12.5 Å². The molecule has 0 unspecified atom stereocenters. The first-order valence-electron chi connectivity index (χ1n) is 4.00. The third-order valence-corrected chi connectivity index (χ3v) is 2.61. The van der Waals surface area contributed by atoms with Crippen molar-refractivity contribution in [2.75, 3.05) is 25.4 Å². The molecule has 1 heterocycles. The summed E-state index contributed by atoms with van der Waals surface area (Å²) in [6.45, 7) is 1.42. The third kappa shape index (κ3) is 3.25. The van der Waals surface area contributed by atoms with Gasteiger partial charge in [-0.3, -0.25) is 0 Å². The minimum Gasteiger partial charge on any atom is -0.323 e. The van der Waals surface area contributed by atoms with Gasteiger partial charge in [-0.1, -0.05) is 18.9 Å². The van der Waals surface area contributed by atoms with Crippen LogP contribution in [0.2, 0.25) is 0 Å². The molecular weight excluding hydrogens is 184 g/mol. The SMILES string of the molecule is CCSN1CC(COC(F)F)C1. The molecular formula is C7H13F2NOS. The van der Waals surface area contributed by atoms with E-state index in [1.165, 1.54) is 0 Å². The van der Waals surface area contributed by atoms with Crippen molar-refractivity contribution in [3.8, 4) is 0 Å². The summed E-state index contributed by atoms with van der Waals surface area (Å²) in [5.74, 6) is 1.35. The van der Waals surface area contributed by atoms with E-state index in [4.69, 9.17) is 0 Å². The maximum atomic E-state index is 11.6. The van der Waals surface area contributed by atoms with Gasteiger partial charge in [-0.05, 0) is 0 Å². The molecule has 0 aromatic heterocycles. The van der Waals surface area contributed by atoms with Crippen LogP contribution in [0.25, 0.3) is 0 Å². The number of nitrogens with zero attached hydrogens (tertiary/aromatic N) is 1. The summed E-state index contributed by atoms with van der Waals surface area (Å²) in [5, 5.41) is 0. The van der Waals surface area contributed by atoms with Crippen LogP contribution in [0.15, 0.2) is 0 Å². The predicted octanol–water partition coefficient (Wildman–Crippen LogP) is 1.83. The Balaban J connectivity index is 1.95. The molecule has 12 heavy (non-hydrogen) atoms. The van der Waals surface area contributed by atoms with Crippen molar-refractivity contribution in [1.29, 1.82) is 0 Å². The number of hydrogen-bond donors (Lipinski definition) is 0. The molecule has 0 aromatic rings. The average molecular weight is 197 g/mol. The highest BCUT2D eigenvalue weighted by molar-refractivity contribution is 7.97. The highest BCUT2D eigenvalue weighted by Gasteiger charge is 2.27. The van der Waals surface area contributed by atoms with Crippen LogP contribution in [-0.2, 0) is 4.74 Å². The Bertz CT molecular complexity index is 131. The second-order valence-electron chi connectivity index (χ2n) is 2.72. The first-order valence-corrected chi connectivity index (χ1v) is 4.94. The zero-order valence-electron chi connectivity index (χ0n) is 7.00. The molecule has 2 nitrogen and oxygen atoms in total. The molecule has 0 aromatic carbocycles. The van der Waals surface area contributed by atoms with E-state index in [1.54, 1.807) is 11.9 Å². The van der Waals surface area contributed by atoms with Crippen molar-refractivity contribution in [2.24, 2.45) is 5.92 Å². The van der Waals surface area contributed by atoms with Crippen LogP contribution in [0.5, 0.6) is 0 Å². The first kappa shape index (κ1) is 10.2. The molecule has 1 saturated heterocycles. The highest BCUT2D eigenvalue weighted by atomic mass is 32.2. The molecule has 0 N–H and O–H groups in total. The van der Waals surface area contributed by atoms with Gasteiger partial charge in [0.1, 0.15) is 0 Å². The van der Waals surface area contributed by atoms with Gasteiger partial charge in [-0.15, -0.1) is 0 Å². The summed E-state index contributed by atoms with van der Waals surface area (Å²) in [4.78, 5) is 0. The molecule has 5 heteroatoms. The van der Waals surface area contributed by atoms with E-state index in [2.05, 4.69) is 16.0 Å². The van der Waals surface area contributed by atoms with E-state index in [0.29, 0.717) is 5.92 Å². The lowest BCUT2D eigenvalue weighted by molar-refractivity contribution is -0.144. The van der Waals surface area contributed by atoms with E-state index in [-0.39, 0.29) is 6.61 Å². The van der Waals surface area contributed by atoms with Gasteiger partial charge in [0.05, 0.1) is 6.61 Å². The van der Waals surface area contributed by atoms with Crippen LogP contribution >= 0.6 is 11.9 Å². The summed E-state index contributed by atoms with van der Waals surface area (Å²) in [6.07, 6.45) is 0. The van der Waals surface area contributed by atoms with Crippen LogP contribution in [0.1, 0.15) is 6.92 Å². The van der Waals surface area contributed by atoms with Crippen LogP contribution in [0.4, 0.5) is 8.78 Å². The Hall–Kier alpha value is 0.130. The normalized spacial score (nSPS) is 20.0. The molecule has 0 atom stereocenters. The van der Waals surface area contributed by atoms with Crippen LogP contribution in [0, 0.1) is 5.92 Å². The quantitative estimate of drug-likeness (QED) is 0.624. The monoisotopic (exact) mass is 197 g/mol. The standard InChI is InChI=1S/C7H13F2NOS/c1-2-12-10-3-6(4-10)5-11-7(8)9/h6-7H,2-5H2,1H3. The smallest absolute Gasteiger partial charge is 0.323 e. The van der Waals surface area contributed by atoms with Crippen molar-refractivity contribution in [3.63, 3.8) is 0 Å². The zero-order valence-corrected chi connectivity index (χ0v) is 7.82. The Kier molecular flexibility index (Phi) is 4.25. The molecule has 0 amide bonds. The van der Waals surface area contributed by atoms with E-state index in [0.717, 1.165) is 18.8 Å². The lowest BCUT2D eigenvalue weighted by atomic mass is 10.1. The molecule has 0 saturated carbocycles. The molecule has 1 aliphatic heterocycles.